The van der Waals surface area contributed by atoms with Crippen LogP contribution < -0.4 is 10.6 Å². The van der Waals surface area contributed by atoms with Crippen LogP contribution in [0, 0.1) is 0 Å². The predicted molar refractivity (Wildman–Crippen MR) is 48.0 cm³/mol. The van der Waals surface area contributed by atoms with Crippen LogP contribution in [0.15, 0.2) is 6.07 Å². The standard InChI is InChI=1S/C7H11N3S/c1-10(5-2-3-5)7-4-6(8)9-11-7/h4-5H,2-3H2,1H3,(H2,8,9). The maximum absolute atomic E-state index is 5.51. The van der Waals surface area contributed by atoms with E-state index >= 15 is 0 Å². The molecule has 1 aliphatic rings. The van der Waals surface area contributed by atoms with Crippen LogP contribution in [0.1, 0.15) is 12.8 Å². The van der Waals surface area contributed by atoms with Crippen LogP contribution in [0.2, 0.25) is 0 Å². The van der Waals surface area contributed by atoms with Gasteiger partial charge in [0.1, 0.15) is 10.8 Å². The molecule has 0 unspecified atom stereocenters. The van der Waals surface area contributed by atoms with Gasteiger partial charge in [-0.1, -0.05) is 0 Å². The summed E-state index contributed by atoms with van der Waals surface area (Å²) in [7, 11) is 2.10. The van der Waals surface area contributed by atoms with Crippen LogP contribution in [0.4, 0.5) is 10.8 Å². The first-order valence-corrected chi connectivity index (χ1v) is 4.50. The third-order valence-corrected chi connectivity index (χ3v) is 2.85. The van der Waals surface area contributed by atoms with Gasteiger partial charge >= 0.3 is 0 Å². The maximum Gasteiger partial charge on any atom is 0.139 e. The fraction of sp³-hybridized carbons (Fsp3) is 0.571. The van der Waals surface area contributed by atoms with Crippen molar-refractivity contribution in [2.75, 3.05) is 17.7 Å². The second kappa shape index (κ2) is 2.37. The number of aromatic nitrogens is 1. The van der Waals surface area contributed by atoms with Crippen molar-refractivity contribution in [3.05, 3.63) is 6.07 Å². The summed E-state index contributed by atoms with van der Waals surface area (Å²) in [6.45, 7) is 0. The number of nitrogens with two attached hydrogens (primary N) is 1. The lowest BCUT2D eigenvalue weighted by Crippen LogP contribution is -2.17. The van der Waals surface area contributed by atoms with Crippen molar-refractivity contribution in [1.82, 2.24) is 4.37 Å². The van der Waals surface area contributed by atoms with Crippen LogP contribution in [-0.2, 0) is 0 Å². The molecule has 0 amide bonds. The van der Waals surface area contributed by atoms with Crippen molar-refractivity contribution in [2.45, 2.75) is 18.9 Å². The first kappa shape index (κ1) is 6.91. The Bertz CT molecular complexity index is 254. The van der Waals surface area contributed by atoms with E-state index in [0.717, 1.165) is 6.04 Å². The monoisotopic (exact) mass is 169 g/mol. The van der Waals surface area contributed by atoms with E-state index in [0.29, 0.717) is 5.82 Å². The molecule has 11 heavy (non-hydrogen) atoms. The average molecular weight is 169 g/mol. The van der Waals surface area contributed by atoms with Crippen molar-refractivity contribution >= 4 is 22.4 Å². The molecule has 1 aliphatic carbocycles. The van der Waals surface area contributed by atoms with Gasteiger partial charge in [0, 0.05) is 19.2 Å². The molecular formula is C7H11N3S. The fourth-order valence-electron chi connectivity index (χ4n) is 1.09. The average Bonchev–Trinajstić information content (AvgIpc) is 2.74. The molecule has 0 bridgehead atoms. The highest BCUT2D eigenvalue weighted by Gasteiger charge is 2.27. The van der Waals surface area contributed by atoms with Gasteiger partial charge in [-0.2, -0.15) is 4.37 Å². The minimum atomic E-state index is 0.637. The van der Waals surface area contributed by atoms with Crippen molar-refractivity contribution < 1.29 is 0 Å². The third-order valence-electron chi connectivity index (χ3n) is 1.96. The number of nitrogens with zero attached hydrogens (tertiary/aromatic N) is 2. The molecule has 0 radical (unpaired) electrons. The van der Waals surface area contributed by atoms with Crippen molar-refractivity contribution in [2.24, 2.45) is 0 Å². The van der Waals surface area contributed by atoms with Gasteiger partial charge in [-0.05, 0) is 24.4 Å². The predicted octanol–water partition coefficient (Wildman–Crippen LogP) is 1.32. The summed E-state index contributed by atoms with van der Waals surface area (Å²) >= 11 is 1.48. The summed E-state index contributed by atoms with van der Waals surface area (Å²) in [6.07, 6.45) is 2.63. The summed E-state index contributed by atoms with van der Waals surface area (Å²) in [5.74, 6) is 0.637. The molecule has 1 heterocycles. The topological polar surface area (TPSA) is 42.1 Å². The largest absolute Gasteiger partial charge is 0.383 e. The Labute approximate surface area is 70.0 Å². The Morgan fingerprint density at radius 2 is 2.45 bits per heavy atom. The van der Waals surface area contributed by atoms with E-state index in [9.17, 15) is 0 Å². The smallest absolute Gasteiger partial charge is 0.139 e. The first-order valence-electron chi connectivity index (χ1n) is 3.72. The molecule has 60 valence electrons. The Hall–Kier alpha value is -0.770. The van der Waals surface area contributed by atoms with Gasteiger partial charge in [-0.3, -0.25) is 0 Å². The lowest BCUT2D eigenvalue weighted by molar-refractivity contribution is 0.929. The van der Waals surface area contributed by atoms with Gasteiger partial charge in [-0.25, -0.2) is 0 Å². The normalized spacial score (nSPS) is 16.8. The van der Waals surface area contributed by atoms with Crippen molar-refractivity contribution in [3.63, 3.8) is 0 Å². The minimum Gasteiger partial charge on any atom is -0.383 e. The molecule has 1 fully saturated rings. The zero-order valence-electron chi connectivity index (χ0n) is 6.45. The van der Waals surface area contributed by atoms with E-state index in [-0.39, 0.29) is 0 Å². The number of nitrogen functional groups attached to an aromatic ring is 1. The zero-order chi connectivity index (χ0) is 7.84. The molecule has 2 rings (SSSR count). The van der Waals surface area contributed by atoms with E-state index in [1.165, 1.54) is 29.4 Å². The first-order chi connectivity index (χ1) is 5.27. The van der Waals surface area contributed by atoms with E-state index in [4.69, 9.17) is 5.73 Å². The van der Waals surface area contributed by atoms with E-state index in [2.05, 4.69) is 16.3 Å². The highest BCUT2D eigenvalue weighted by molar-refractivity contribution is 7.10. The second-order valence-corrected chi connectivity index (χ2v) is 3.72. The van der Waals surface area contributed by atoms with Crippen molar-refractivity contribution in [3.8, 4) is 0 Å². The minimum absolute atomic E-state index is 0.637. The quantitative estimate of drug-likeness (QED) is 0.726. The highest BCUT2D eigenvalue weighted by Crippen LogP contribution is 2.32. The molecule has 0 aliphatic heterocycles. The Balaban J connectivity index is 2.14. The van der Waals surface area contributed by atoms with E-state index in [1.54, 1.807) is 0 Å². The summed E-state index contributed by atoms with van der Waals surface area (Å²) < 4.78 is 4.03. The Kier molecular flexibility index (Phi) is 1.49. The molecule has 1 aromatic rings. The van der Waals surface area contributed by atoms with E-state index in [1.807, 2.05) is 6.07 Å². The van der Waals surface area contributed by atoms with Crippen LogP contribution in [0.5, 0.6) is 0 Å². The number of hydrogen-bond donors (Lipinski definition) is 1. The van der Waals surface area contributed by atoms with Gasteiger partial charge < -0.3 is 10.6 Å². The molecule has 3 nitrogen and oxygen atoms in total. The lowest BCUT2D eigenvalue weighted by Gasteiger charge is -2.13. The summed E-state index contributed by atoms with van der Waals surface area (Å²) in [6, 6.07) is 2.68. The molecule has 0 saturated heterocycles. The Morgan fingerprint density at radius 1 is 1.73 bits per heavy atom. The number of hydrogen-bond acceptors (Lipinski definition) is 4. The van der Waals surface area contributed by atoms with Crippen molar-refractivity contribution in [1.29, 1.82) is 0 Å². The summed E-state index contributed by atoms with van der Waals surface area (Å²) in [4.78, 5) is 2.26. The highest BCUT2D eigenvalue weighted by atomic mass is 32.1. The molecule has 4 heteroatoms. The summed E-state index contributed by atoms with van der Waals surface area (Å²) in [5.41, 5.74) is 5.51. The van der Waals surface area contributed by atoms with Crippen LogP contribution in [0.25, 0.3) is 0 Å². The molecule has 0 spiro atoms. The maximum atomic E-state index is 5.51. The van der Waals surface area contributed by atoms with Crippen LogP contribution in [0.3, 0.4) is 0 Å². The number of anilines is 2. The molecular weight excluding hydrogens is 158 g/mol. The molecule has 0 aromatic carbocycles. The second-order valence-electron chi connectivity index (χ2n) is 2.93. The molecule has 1 aromatic heterocycles. The zero-order valence-corrected chi connectivity index (χ0v) is 7.27. The summed E-state index contributed by atoms with van der Waals surface area (Å²) in [5, 5.41) is 1.19. The molecule has 2 N–H and O–H groups in total. The van der Waals surface area contributed by atoms with Crippen LogP contribution >= 0.6 is 11.5 Å². The van der Waals surface area contributed by atoms with Gasteiger partial charge in [0.2, 0.25) is 0 Å². The number of rotatable bonds is 2. The lowest BCUT2D eigenvalue weighted by atomic mass is 10.5. The third kappa shape index (κ3) is 1.30. The molecule has 0 atom stereocenters. The van der Waals surface area contributed by atoms with Gasteiger partial charge in [0.25, 0.3) is 0 Å². The Morgan fingerprint density at radius 3 is 2.91 bits per heavy atom. The van der Waals surface area contributed by atoms with Crippen LogP contribution in [-0.4, -0.2) is 17.5 Å². The van der Waals surface area contributed by atoms with Gasteiger partial charge in [0.15, 0.2) is 0 Å². The molecule has 1 saturated carbocycles. The van der Waals surface area contributed by atoms with Gasteiger partial charge in [-0.15, -0.1) is 0 Å². The van der Waals surface area contributed by atoms with E-state index < -0.39 is 0 Å². The van der Waals surface area contributed by atoms with Gasteiger partial charge in [0.05, 0.1) is 0 Å². The fourth-order valence-corrected chi connectivity index (χ4v) is 1.79. The SMILES string of the molecule is CN(c1cc(N)ns1)C1CC1.